The van der Waals surface area contributed by atoms with Gasteiger partial charge in [0.2, 0.25) is 0 Å². The van der Waals surface area contributed by atoms with Gasteiger partial charge in [0.25, 0.3) is 0 Å². The maximum absolute atomic E-state index is 12.2. The normalized spacial score (nSPS) is 12.3. The van der Waals surface area contributed by atoms with Crippen LogP contribution in [0.15, 0.2) is 12.2 Å². The quantitative estimate of drug-likeness (QED) is 0.0563. The molecule has 0 heterocycles. The minimum Gasteiger partial charge on any atom is -0.481 e. The number of hydrogen-bond acceptors (Lipinski definition) is 3. The Hall–Kier alpha value is -1.32. The van der Waals surface area contributed by atoms with Crippen LogP contribution in [0.25, 0.3) is 0 Å². The van der Waals surface area contributed by atoms with E-state index in [1.54, 1.807) is 0 Å². The molecule has 1 atom stereocenters. The predicted molar refractivity (Wildman–Crippen MR) is 163 cm³/mol. The number of hydrogen-bond donors (Lipinski definition) is 1. The van der Waals surface area contributed by atoms with Crippen LogP contribution in [-0.2, 0) is 14.3 Å². The smallest absolute Gasteiger partial charge is 0.307 e. The Kier molecular flexibility index (Phi) is 29.2. The van der Waals surface area contributed by atoms with Gasteiger partial charge in [0.1, 0.15) is 6.10 Å². The first-order chi connectivity index (χ1) is 18.6. The lowest BCUT2D eigenvalue weighted by molar-refractivity contribution is -0.153. The summed E-state index contributed by atoms with van der Waals surface area (Å²) in [6, 6.07) is 0. The highest BCUT2D eigenvalue weighted by Gasteiger charge is 2.17. The number of carboxylic acids is 1. The van der Waals surface area contributed by atoms with Gasteiger partial charge >= 0.3 is 11.9 Å². The minimum absolute atomic E-state index is 0.0733. The van der Waals surface area contributed by atoms with Crippen molar-refractivity contribution in [1.29, 1.82) is 0 Å². The molecule has 0 aliphatic rings. The lowest BCUT2D eigenvalue weighted by Crippen LogP contribution is -2.21. The molecule has 0 aromatic carbocycles. The van der Waals surface area contributed by atoms with Crippen LogP contribution in [0.4, 0.5) is 0 Å². The van der Waals surface area contributed by atoms with Gasteiger partial charge in [0.05, 0.1) is 6.42 Å². The van der Waals surface area contributed by atoms with Crippen LogP contribution in [0, 0.1) is 0 Å². The number of ether oxygens (including phenoxy) is 1. The number of carboxylic acid groups (broad SMARTS) is 1. The summed E-state index contributed by atoms with van der Waals surface area (Å²) < 4.78 is 5.54. The Balaban J connectivity index is 3.67. The number of unbranched alkanes of at least 4 members (excludes halogenated alkanes) is 21. The number of rotatable bonds is 30. The van der Waals surface area contributed by atoms with Gasteiger partial charge in [-0.25, -0.2) is 0 Å². The number of aliphatic carboxylic acids is 1. The molecule has 0 rings (SSSR count). The first kappa shape index (κ1) is 36.7. The summed E-state index contributed by atoms with van der Waals surface area (Å²) in [6.45, 7) is 4.49. The summed E-state index contributed by atoms with van der Waals surface area (Å²) in [6.07, 6.45) is 35.1. The summed E-state index contributed by atoms with van der Waals surface area (Å²) in [5, 5.41) is 9.20. The van der Waals surface area contributed by atoms with Crippen LogP contribution in [0.3, 0.4) is 0 Å². The zero-order chi connectivity index (χ0) is 27.9. The monoisotopic (exact) mass is 536 g/mol. The molecule has 4 nitrogen and oxygen atoms in total. The van der Waals surface area contributed by atoms with E-state index in [2.05, 4.69) is 26.0 Å². The van der Waals surface area contributed by atoms with Crippen molar-refractivity contribution in [3.63, 3.8) is 0 Å². The summed E-state index contributed by atoms with van der Waals surface area (Å²) in [4.78, 5) is 23.4. The fourth-order valence-electron chi connectivity index (χ4n) is 5.01. The highest BCUT2D eigenvalue weighted by Crippen LogP contribution is 2.17. The molecule has 0 bridgehead atoms. The molecule has 1 N–H and O–H groups in total. The van der Waals surface area contributed by atoms with E-state index in [0.717, 1.165) is 38.5 Å². The summed E-state index contributed by atoms with van der Waals surface area (Å²) in [7, 11) is 0. The first-order valence-corrected chi connectivity index (χ1v) is 16.7. The van der Waals surface area contributed by atoms with E-state index in [0.29, 0.717) is 12.8 Å². The SMILES string of the molecule is CCCC/C=C\CCCCCCCC(=O)OC(CCCCCCCCCCCCCCCCC)CC(=O)O. The zero-order valence-electron chi connectivity index (χ0n) is 25.5. The van der Waals surface area contributed by atoms with Crippen molar-refractivity contribution in [2.45, 2.75) is 193 Å². The van der Waals surface area contributed by atoms with E-state index in [1.165, 1.54) is 116 Å². The Bertz CT molecular complexity index is 543. The molecular formula is C34H64O4. The molecule has 0 saturated carbocycles. The third-order valence-corrected chi connectivity index (χ3v) is 7.47. The highest BCUT2D eigenvalue weighted by atomic mass is 16.5. The molecule has 0 fully saturated rings. The maximum atomic E-state index is 12.2. The average Bonchev–Trinajstić information content (AvgIpc) is 2.89. The van der Waals surface area contributed by atoms with E-state index in [4.69, 9.17) is 4.74 Å². The summed E-state index contributed by atoms with van der Waals surface area (Å²) in [5.41, 5.74) is 0. The number of esters is 1. The Morgan fingerprint density at radius 3 is 1.50 bits per heavy atom. The van der Waals surface area contributed by atoms with Gasteiger partial charge in [0.15, 0.2) is 0 Å². The molecule has 224 valence electrons. The summed E-state index contributed by atoms with van der Waals surface area (Å²) in [5.74, 6) is -1.11. The van der Waals surface area contributed by atoms with E-state index in [1.807, 2.05) is 0 Å². The standard InChI is InChI=1S/C34H64O4/c1-3-5-7-9-11-13-15-16-17-18-20-21-23-25-27-29-32(31-33(35)36)38-34(37)30-28-26-24-22-19-14-12-10-8-6-4-2/h10,12,32H,3-9,11,13-31H2,1-2H3,(H,35,36)/b12-10-. The molecule has 0 saturated heterocycles. The van der Waals surface area contributed by atoms with Gasteiger partial charge in [-0.15, -0.1) is 0 Å². The molecule has 0 aromatic heterocycles. The van der Waals surface area contributed by atoms with E-state index < -0.39 is 12.1 Å². The van der Waals surface area contributed by atoms with E-state index in [-0.39, 0.29) is 12.4 Å². The number of carbonyl (C=O) groups is 2. The predicted octanol–water partition coefficient (Wildman–Crippen LogP) is 11.1. The molecule has 4 heteroatoms. The van der Waals surface area contributed by atoms with Gasteiger partial charge in [-0.3, -0.25) is 9.59 Å². The minimum atomic E-state index is -0.882. The summed E-state index contributed by atoms with van der Waals surface area (Å²) >= 11 is 0. The largest absolute Gasteiger partial charge is 0.481 e. The molecular weight excluding hydrogens is 472 g/mol. The molecule has 0 aliphatic carbocycles. The van der Waals surface area contributed by atoms with Crippen molar-refractivity contribution in [1.82, 2.24) is 0 Å². The molecule has 1 unspecified atom stereocenters. The second-order valence-corrected chi connectivity index (χ2v) is 11.4. The van der Waals surface area contributed by atoms with Crippen molar-refractivity contribution in [3.05, 3.63) is 12.2 Å². The fourth-order valence-corrected chi connectivity index (χ4v) is 5.01. The number of allylic oxidation sites excluding steroid dienone is 2. The van der Waals surface area contributed by atoms with Crippen LogP contribution in [0.1, 0.15) is 187 Å². The van der Waals surface area contributed by atoms with Crippen LogP contribution >= 0.6 is 0 Å². The Labute approximate surface area is 236 Å². The Morgan fingerprint density at radius 2 is 1.00 bits per heavy atom. The topological polar surface area (TPSA) is 63.6 Å². The second-order valence-electron chi connectivity index (χ2n) is 11.4. The molecule has 38 heavy (non-hydrogen) atoms. The van der Waals surface area contributed by atoms with Crippen molar-refractivity contribution >= 4 is 11.9 Å². The highest BCUT2D eigenvalue weighted by molar-refractivity contribution is 5.71. The van der Waals surface area contributed by atoms with Crippen LogP contribution < -0.4 is 0 Å². The van der Waals surface area contributed by atoms with Crippen molar-refractivity contribution in [2.24, 2.45) is 0 Å². The third-order valence-electron chi connectivity index (χ3n) is 7.47. The van der Waals surface area contributed by atoms with Gasteiger partial charge in [-0.2, -0.15) is 0 Å². The average molecular weight is 537 g/mol. The van der Waals surface area contributed by atoms with Crippen molar-refractivity contribution in [3.8, 4) is 0 Å². The Morgan fingerprint density at radius 1 is 0.579 bits per heavy atom. The van der Waals surface area contributed by atoms with Gasteiger partial charge in [0, 0.05) is 6.42 Å². The first-order valence-electron chi connectivity index (χ1n) is 16.7. The lowest BCUT2D eigenvalue weighted by atomic mass is 10.0. The van der Waals surface area contributed by atoms with Gasteiger partial charge < -0.3 is 9.84 Å². The molecule has 0 spiro atoms. The number of carbonyl (C=O) groups excluding carboxylic acids is 1. The molecule has 0 amide bonds. The van der Waals surface area contributed by atoms with Gasteiger partial charge in [-0.05, 0) is 38.5 Å². The molecule has 0 radical (unpaired) electrons. The zero-order valence-corrected chi connectivity index (χ0v) is 25.5. The molecule has 0 aliphatic heterocycles. The van der Waals surface area contributed by atoms with Crippen molar-refractivity contribution < 1.29 is 19.4 Å². The lowest BCUT2D eigenvalue weighted by Gasteiger charge is -2.16. The molecule has 0 aromatic rings. The fraction of sp³-hybridized carbons (Fsp3) is 0.882. The van der Waals surface area contributed by atoms with Crippen LogP contribution in [-0.4, -0.2) is 23.1 Å². The van der Waals surface area contributed by atoms with E-state index >= 15 is 0 Å². The maximum Gasteiger partial charge on any atom is 0.307 e. The van der Waals surface area contributed by atoms with Crippen molar-refractivity contribution in [2.75, 3.05) is 0 Å². The second kappa shape index (κ2) is 30.2. The van der Waals surface area contributed by atoms with Crippen LogP contribution in [0.2, 0.25) is 0 Å². The van der Waals surface area contributed by atoms with E-state index in [9.17, 15) is 14.7 Å². The third kappa shape index (κ3) is 29.2. The van der Waals surface area contributed by atoms with Gasteiger partial charge in [-0.1, -0.05) is 148 Å². The van der Waals surface area contributed by atoms with Crippen LogP contribution in [0.5, 0.6) is 0 Å².